The van der Waals surface area contributed by atoms with Gasteiger partial charge in [0.15, 0.2) is 0 Å². The molecule has 2 heterocycles. The van der Waals surface area contributed by atoms with Gasteiger partial charge in [0.1, 0.15) is 0 Å². The Hall–Kier alpha value is -1.82. The van der Waals surface area contributed by atoms with Gasteiger partial charge in [-0.1, -0.05) is 0 Å². The summed E-state index contributed by atoms with van der Waals surface area (Å²) in [7, 11) is 0. The molecule has 2 rings (SSSR count). The Morgan fingerprint density at radius 3 is 2.35 bits per heavy atom. The summed E-state index contributed by atoms with van der Waals surface area (Å²) in [5.74, 6) is 0. The number of pyridine rings is 1. The predicted molar refractivity (Wildman–Crippen MR) is 91.7 cm³/mol. The third-order valence-electron chi connectivity index (χ3n) is 4.43. The van der Waals surface area contributed by atoms with Crippen molar-refractivity contribution in [1.82, 2.24) is 20.1 Å². The lowest BCUT2D eigenvalue weighted by molar-refractivity contribution is 0.0742. The van der Waals surface area contributed by atoms with E-state index < -0.39 is 0 Å². The van der Waals surface area contributed by atoms with E-state index in [1.165, 1.54) is 0 Å². The largest absolute Gasteiger partial charge is 0.334 e. The van der Waals surface area contributed by atoms with E-state index in [0.717, 1.165) is 24.3 Å². The van der Waals surface area contributed by atoms with Crippen LogP contribution in [-0.4, -0.2) is 52.5 Å². The van der Waals surface area contributed by atoms with Gasteiger partial charge in [0.25, 0.3) is 5.56 Å². The second-order valence-corrected chi connectivity index (χ2v) is 7.25. The molecule has 1 aliphatic heterocycles. The minimum absolute atomic E-state index is 0.0991. The zero-order valence-electron chi connectivity index (χ0n) is 14.8. The van der Waals surface area contributed by atoms with Crippen LogP contribution in [0.4, 0.5) is 4.79 Å². The fourth-order valence-electron chi connectivity index (χ4n) is 2.96. The minimum atomic E-state index is -0.125. The van der Waals surface area contributed by atoms with Crippen molar-refractivity contribution >= 4 is 6.03 Å². The molecule has 0 aromatic carbocycles. The van der Waals surface area contributed by atoms with E-state index in [1.54, 1.807) is 0 Å². The molecule has 1 fully saturated rings. The van der Waals surface area contributed by atoms with E-state index in [0.29, 0.717) is 18.7 Å². The number of H-pyrrole nitrogens is 1. The lowest BCUT2D eigenvalue weighted by Gasteiger charge is -2.42. The van der Waals surface area contributed by atoms with Crippen LogP contribution in [0.5, 0.6) is 0 Å². The molecule has 0 atom stereocenters. The Balaban J connectivity index is 1.91. The SMILES string of the molecule is Cc1cc(C)c(CNC(=O)N2CCN(C(C)(C)C)CC2)c(=O)[nH]1. The van der Waals surface area contributed by atoms with Crippen LogP contribution in [0.25, 0.3) is 0 Å². The molecule has 0 saturated carbocycles. The van der Waals surface area contributed by atoms with E-state index in [-0.39, 0.29) is 23.7 Å². The number of urea groups is 1. The van der Waals surface area contributed by atoms with E-state index in [4.69, 9.17) is 0 Å². The van der Waals surface area contributed by atoms with E-state index >= 15 is 0 Å². The molecular formula is C17H28N4O2. The molecule has 128 valence electrons. The molecule has 1 aliphatic rings. The van der Waals surface area contributed by atoms with Gasteiger partial charge in [0, 0.05) is 43.0 Å². The Morgan fingerprint density at radius 2 is 1.83 bits per heavy atom. The summed E-state index contributed by atoms with van der Waals surface area (Å²) in [6.45, 7) is 13.8. The molecule has 0 aliphatic carbocycles. The van der Waals surface area contributed by atoms with Crippen LogP contribution in [0.3, 0.4) is 0 Å². The van der Waals surface area contributed by atoms with E-state index in [1.807, 2.05) is 24.8 Å². The number of hydrogen-bond acceptors (Lipinski definition) is 3. The van der Waals surface area contributed by atoms with Crippen molar-refractivity contribution in [3.63, 3.8) is 0 Å². The second-order valence-electron chi connectivity index (χ2n) is 7.25. The van der Waals surface area contributed by atoms with Crippen molar-refractivity contribution < 1.29 is 4.79 Å². The number of aromatic amines is 1. The monoisotopic (exact) mass is 320 g/mol. The molecule has 1 saturated heterocycles. The van der Waals surface area contributed by atoms with Crippen LogP contribution in [-0.2, 0) is 6.54 Å². The van der Waals surface area contributed by atoms with Crippen LogP contribution < -0.4 is 10.9 Å². The third kappa shape index (κ3) is 4.34. The Morgan fingerprint density at radius 1 is 1.22 bits per heavy atom. The molecular weight excluding hydrogens is 292 g/mol. The number of carbonyl (C=O) groups is 1. The Bertz CT molecular complexity index is 622. The quantitative estimate of drug-likeness (QED) is 0.870. The number of nitrogens with one attached hydrogen (secondary N) is 2. The van der Waals surface area contributed by atoms with Crippen molar-refractivity contribution in [2.75, 3.05) is 26.2 Å². The maximum absolute atomic E-state index is 12.3. The number of piperazine rings is 1. The highest BCUT2D eigenvalue weighted by Gasteiger charge is 2.27. The highest BCUT2D eigenvalue weighted by molar-refractivity contribution is 5.74. The second kappa shape index (κ2) is 6.74. The first kappa shape index (κ1) is 17.5. The summed E-state index contributed by atoms with van der Waals surface area (Å²) in [6, 6.07) is 1.82. The van der Waals surface area contributed by atoms with Crippen molar-refractivity contribution in [2.45, 2.75) is 46.7 Å². The number of amides is 2. The normalized spacial score (nSPS) is 16.5. The molecule has 0 spiro atoms. The fourth-order valence-corrected chi connectivity index (χ4v) is 2.96. The average molecular weight is 320 g/mol. The molecule has 6 nitrogen and oxygen atoms in total. The molecule has 1 aromatic heterocycles. The van der Waals surface area contributed by atoms with E-state index in [9.17, 15) is 9.59 Å². The first-order chi connectivity index (χ1) is 10.7. The fraction of sp³-hybridized carbons (Fsp3) is 0.647. The minimum Gasteiger partial charge on any atom is -0.334 e. The molecule has 0 bridgehead atoms. The summed E-state index contributed by atoms with van der Waals surface area (Å²) in [5, 5.41) is 2.87. The summed E-state index contributed by atoms with van der Waals surface area (Å²) in [5.41, 5.74) is 2.37. The van der Waals surface area contributed by atoms with Crippen LogP contribution in [0.15, 0.2) is 10.9 Å². The first-order valence-corrected chi connectivity index (χ1v) is 8.15. The molecule has 2 N–H and O–H groups in total. The van der Waals surface area contributed by atoms with Gasteiger partial charge in [-0.2, -0.15) is 0 Å². The summed E-state index contributed by atoms with van der Waals surface area (Å²) >= 11 is 0. The van der Waals surface area contributed by atoms with E-state index in [2.05, 4.69) is 36.0 Å². The maximum Gasteiger partial charge on any atom is 0.317 e. The number of nitrogens with zero attached hydrogens (tertiary/aromatic N) is 2. The lowest BCUT2D eigenvalue weighted by atomic mass is 10.1. The van der Waals surface area contributed by atoms with Gasteiger partial charge in [-0.3, -0.25) is 9.69 Å². The zero-order chi connectivity index (χ0) is 17.2. The Kier molecular flexibility index (Phi) is 5.14. The van der Waals surface area contributed by atoms with Crippen LogP contribution in [0, 0.1) is 13.8 Å². The maximum atomic E-state index is 12.3. The summed E-state index contributed by atoms with van der Waals surface area (Å²) < 4.78 is 0. The van der Waals surface area contributed by atoms with Crippen molar-refractivity contribution in [2.24, 2.45) is 0 Å². The molecule has 23 heavy (non-hydrogen) atoms. The van der Waals surface area contributed by atoms with Crippen LogP contribution in [0.1, 0.15) is 37.6 Å². The number of aromatic nitrogens is 1. The summed E-state index contributed by atoms with van der Waals surface area (Å²) in [6.07, 6.45) is 0. The average Bonchev–Trinajstić information content (AvgIpc) is 2.45. The topological polar surface area (TPSA) is 68.4 Å². The van der Waals surface area contributed by atoms with Crippen molar-refractivity contribution in [3.05, 3.63) is 33.2 Å². The van der Waals surface area contributed by atoms with Gasteiger partial charge in [0.05, 0.1) is 6.54 Å². The van der Waals surface area contributed by atoms with Crippen LogP contribution in [0.2, 0.25) is 0 Å². The lowest BCUT2D eigenvalue weighted by Crippen LogP contribution is -2.56. The van der Waals surface area contributed by atoms with Gasteiger partial charge in [-0.15, -0.1) is 0 Å². The highest BCUT2D eigenvalue weighted by Crippen LogP contribution is 2.15. The summed E-state index contributed by atoms with van der Waals surface area (Å²) in [4.78, 5) is 31.3. The number of carbonyl (C=O) groups excluding carboxylic acids is 1. The first-order valence-electron chi connectivity index (χ1n) is 8.15. The molecule has 2 amide bonds. The smallest absolute Gasteiger partial charge is 0.317 e. The van der Waals surface area contributed by atoms with Gasteiger partial charge in [-0.05, 0) is 46.2 Å². The van der Waals surface area contributed by atoms with Gasteiger partial charge in [0.2, 0.25) is 0 Å². The number of aryl methyl sites for hydroxylation is 2. The standard InChI is InChI=1S/C17H28N4O2/c1-12-10-13(2)19-15(22)14(12)11-18-16(23)20-6-8-21(9-7-20)17(3,4)5/h10H,6-9,11H2,1-5H3,(H,18,23)(H,19,22). The molecule has 0 unspecified atom stereocenters. The van der Waals surface area contributed by atoms with Gasteiger partial charge < -0.3 is 15.2 Å². The Labute approximate surface area is 137 Å². The number of rotatable bonds is 2. The zero-order valence-corrected chi connectivity index (χ0v) is 14.8. The van der Waals surface area contributed by atoms with Gasteiger partial charge in [-0.25, -0.2) is 4.79 Å². The van der Waals surface area contributed by atoms with Crippen molar-refractivity contribution in [3.8, 4) is 0 Å². The molecule has 1 aromatic rings. The highest BCUT2D eigenvalue weighted by atomic mass is 16.2. The third-order valence-corrected chi connectivity index (χ3v) is 4.43. The number of hydrogen-bond donors (Lipinski definition) is 2. The van der Waals surface area contributed by atoms with Crippen LogP contribution >= 0.6 is 0 Å². The molecule has 6 heteroatoms. The van der Waals surface area contributed by atoms with Gasteiger partial charge >= 0.3 is 6.03 Å². The predicted octanol–water partition coefficient (Wildman–Crippen LogP) is 1.62. The molecule has 0 radical (unpaired) electrons. The van der Waals surface area contributed by atoms with Crippen molar-refractivity contribution in [1.29, 1.82) is 0 Å².